The second-order valence-corrected chi connectivity index (χ2v) is 11.2. The molecule has 0 unspecified atom stereocenters. The van der Waals surface area contributed by atoms with Crippen LogP contribution in [0.1, 0.15) is 48.4 Å². The molecule has 0 radical (unpaired) electrons. The van der Waals surface area contributed by atoms with Gasteiger partial charge in [0.05, 0.1) is 11.0 Å². The van der Waals surface area contributed by atoms with E-state index in [-0.39, 0.29) is 23.3 Å². The van der Waals surface area contributed by atoms with E-state index in [0.717, 1.165) is 50.9 Å². The van der Waals surface area contributed by atoms with Gasteiger partial charge in [0, 0.05) is 33.1 Å². The lowest BCUT2D eigenvalue weighted by atomic mass is 9.80. The summed E-state index contributed by atoms with van der Waals surface area (Å²) in [4.78, 5) is 28.3. The van der Waals surface area contributed by atoms with Gasteiger partial charge in [0.25, 0.3) is 0 Å². The molecule has 5 nitrogen and oxygen atoms in total. The first-order valence-electron chi connectivity index (χ1n) is 13.9. The Bertz CT molecular complexity index is 1250. The number of rotatable bonds is 9. The lowest BCUT2D eigenvalue weighted by Crippen LogP contribution is -2.53. The number of amides is 2. The van der Waals surface area contributed by atoms with Crippen LogP contribution in [0.5, 0.6) is 0 Å². The molecule has 1 aliphatic heterocycles. The molecular weight excluding hydrogens is 470 g/mol. The Balaban J connectivity index is 1.26. The van der Waals surface area contributed by atoms with Gasteiger partial charge in [-0.2, -0.15) is 0 Å². The van der Waals surface area contributed by atoms with E-state index in [9.17, 15) is 9.59 Å². The third-order valence-electron chi connectivity index (χ3n) is 8.52. The summed E-state index contributed by atoms with van der Waals surface area (Å²) < 4.78 is 0. The first-order valence-corrected chi connectivity index (χ1v) is 13.9. The van der Waals surface area contributed by atoms with Crippen LogP contribution >= 0.6 is 0 Å². The van der Waals surface area contributed by atoms with E-state index >= 15 is 0 Å². The lowest BCUT2D eigenvalue weighted by Gasteiger charge is -2.43. The molecule has 1 heterocycles. The largest absolute Gasteiger partial charge is 0.355 e. The molecule has 38 heavy (non-hydrogen) atoms. The molecular formula is C33H39N3O2. The summed E-state index contributed by atoms with van der Waals surface area (Å²) in [6.45, 7) is 7.02. The van der Waals surface area contributed by atoms with Gasteiger partial charge in [-0.25, -0.2) is 0 Å². The van der Waals surface area contributed by atoms with Crippen LogP contribution in [0.25, 0.3) is 0 Å². The van der Waals surface area contributed by atoms with E-state index in [0.29, 0.717) is 6.54 Å². The summed E-state index contributed by atoms with van der Waals surface area (Å²) in [6.07, 6.45) is 3.44. The second kappa shape index (κ2) is 11.1. The Kier molecular flexibility index (Phi) is 7.66. The maximum absolute atomic E-state index is 13.7. The second-order valence-electron chi connectivity index (χ2n) is 11.2. The molecule has 5 heteroatoms. The van der Waals surface area contributed by atoms with E-state index < -0.39 is 5.41 Å². The van der Waals surface area contributed by atoms with Crippen molar-refractivity contribution in [2.45, 2.75) is 50.5 Å². The predicted molar refractivity (Wildman–Crippen MR) is 152 cm³/mol. The number of nitrogens with one attached hydrogen (secondary N) is 2. The summed E-state index contributed by atoms with van der Waals surface area (Å²) in [7, 11) is 0. The van der Waals surface area contributed by atoms with Crippen molar-refractivity contribution < 1.29 is 9.59 Å². The molecule has 2 aliphatic rings. The molecule has 3 aromatic carbocycles. The summed E-state index contributed by atoms with van der Waals surface area (Å²) >= 11 is 0. The third kappa shape index (κ3) is 5.53. The van der Waals surface area contributed by atoms with E-state index in [1.807, 2.05) is 36.4 Å². The zero-order valence-corrected chi connectivity index (χ0v) is 22.6. The van der Waals surface area contributed by atoms with Crippen LogP contribution < -0.4 is 10.6 Å². The molecule has 0 bridgehead atoms. The van der Waals surface area contributed by atoms with Gasteiger partial charge in [0.15, 0.2) is 0 Å². The number of aryl methyl sites for hydroxylation is 1. The summed E-state index contributed by atoms with van der Waals surface area (Å²) in [5.41, 5.74) is 3.94. The maximum atomic E-state index is 13.7. The van der Waals surface area contributed by atoms with Crippen molar-refractivity contribution in [3.63, 3.8) is 0 Å². The van der Waals surface area contributed by atoms with Gasteiger partial charge in [-0.05, 0) is 55.2 Å². The van der Waals surface area contributed by atoms with Crippen molar-refractivity contribution in [2.24, 2.45) is 5.92 Å². The van der Waals surface area contributed by atoms with E-state index in [2.05, 4.69) is 71.0 Å². The van der Waals surface area contributed by atoms with Gasteiger partial charge < -0.3 is 15.5 Å². The SMILES string of the molecule is CC(=O)NC1(c2ccccc2)CCN(C[C@@H]2C[C@@]2(C(=O)NCCc2ccccc2)c2cccc(C)c2)CC1. The molecule has 5 rings (SSSR count). The number of hydrogen-bond donors (Lipinski definition) is 2. The Morgan fingerprint density at radius 2 is 1.55 bits per heavy atom. The molecule has 3 aromatic rings. The third-order valence-corrected chi connectivity index (χ3v) is 8.52. The molecule has 198 valence electrons. The van der Waals surface area contributed by atoms with Crippen LogP contribution in [0.3, 0.4) is 0 Å². The molecule has 1 saturated carbocycles. The Morgan fingerprint density at radius 3 is 2.21 bits per heavy atom. The Hall–Kier alpha value is -3.44. The van der Waals surface area contributed by atoms with Crippen molar-refractivity contribution in [3.05, 3.63) is 107 Å². The van der Waals surface area contributed by atoms with Gasteiger partial charge in [0.2, 0.25) is 11.8 Å². The molecule has 1 saturated heterocycles. The summed E-state index contributed by atoms with van der Waals surface area (Å²) in [5, 5.41) is 6.54. The van der Waals surface area contributed by atoms with Crippen molar-refractivity contribution >= 4 is 11.8 Å². The van der Waals surface area contributed by atoms with Crippen LogP contribution in [0, 0.1) is 12.8 Å². The first-order chi connectivity index (χ1) is 18.4. The molecule has 2 N–H and O–H groups in total. The summed E-state index contributed by atoms with van der Waals surface area (Å²) in [6, 6.07) is 29.1. The van der Waals surface area contributed by atoms with Gasteiger partial charge >= 0.3 is 0 Å². The minimum absolute atomic E-state index is 0.00938. The van der Waals surface area contributed by atoms with E-state index in [1.54, 1.807) is 6.92 Å². The van der Waals surface area contributed by atoms with Crippen LogP contribution in [-0.2, 0) is 27.0 Å². The zero-order valence-electron chi connectivity index (χ0n) is 22.6. The number of piperidine rings is 1. The van der Waals surface area contributed by atoms with Crippen molar-refractivity contribution in [2.75, 3.05) is 26.2 Å². The van der Waals surface area contributed by atoms with Crippen molar-refractivity contribution in [1.29, 1.82) is 0 Å². The highest BCUT2D eigenvalue weighted by Gasteiger charge is 2.61. The average Bonchev–Trinajstić information content (AvgIpc) is 3.65. The smallest absolute Gasteiger partial charge is 0.231 e. The molecule has 0 aromatic heterocycles. The monoisotopic (exact) mass is 509 g/mol. The molecule has 2 amide bonds. The van der Waals surface area contributed by atoms with Crippen molar-refractivity contribution in [3.8, 4) is 0 Å². The average molecular weight is 510 g/mol. The molecule has 0 spiro atoms. The van der Waals surface area contributed by atoms with Crippen LogP contribution in [0.4, 0.5) is 0 Å². The van der Waals surface area contributed by atoms with Gasteiger partial charge in [-0.3, -0.25) is 9.59 Å². The van der Waals surface area contributed by atoms with E-state index in [1.165, 1.54) is 16.7 Å². The maximum Gasteiger partial charge on any atom is 0.231 e. The minimum Gasteiger partial charge on any atom is -0.355 e. The normalized spacial score (nSPS) is 22.4. The molecule has 2 atom stereocenters. The highest BCUT2D eigenvalue weighted by molar-refractivity contribution is 5.92. The van der Waals surface area contributed by atoms with Gasteiger partial charge in [-0.15, -0.1) is 0 Å². The highest BCUT2D eigenvalue weighted by atomic mass is 16.2. The number of carbonyl (C=O) groups excluding carboxylic acids is 2. The fourth-order valence-electron chi connectivity index (χ4n) is 6.37. The quantitative estimate of drug-likeness (QED) is 0.438. The number of likely N-dealkylation sites (tertiary alicyclic amines) is 1. The number of benzene rings is 3. The standard InChI is InChI=1S/C33H39N3O2/c1-25-10-9-15-29(22-25)33(31(38)34-19-16-27-11-5-3-6-12-27)23-30(33)24-36-20-17-32(18-21-36,35-26(2)37)28-13-7-4-8-14-28/h3-15,22,30H,16-21,23-24H2,1-2H3,(H,34,38)(H,35,37)/t30-,33+/m0/s1. The van der Waals surface area contributed by atoms with Crippen molar-refractivity contribution in [1.82, 2.24) is 15.5 Å². The van der Waals surface area contributed by atoms with Crippen LogP contribution in [-0.4, -0.2) is 42.9 Å². The predicted octanol–water partition coefficient (Wildman–Crippen LogP) is 4.74. The summed E-state index contributed by atoms with van der Waals surface area (Å²) in [5.74, 6) is 0.444. The van der Waals surface area contributed by atoms with Crippen LogP contribution in [0.15, 0.2) is 84.9 Å². The highest BCUT2D eigenvalue weighted by Crippen LogP contribution is 2.55. The van der Waals surface area contributed by atoms with Crippen LogP contribution in [0.2, 0.25) is 0 Å². The molecule has 2 fully saturated rings. The molecule has 1 aliphatic carbocycles. The Labute approximate surface area is 226 Å². The number of carbonyl (C=O) groups is 2. The minimum atomic E-state index is -0.464. The van der Waals surface area contributed by atoms with E-state index in [4.69, 9.17) is 0 Å². The van der Waals surface area contributed by atoms with Gasteiger partial charge in [0.1, 0.15) is 0 Å². The van der Waals surface area contributed by atoms with Gasteiger partial charge in [-0.1, -0.05) is 90.5 Å². The Morgan fingerprint density at radius 1 is 0.895 bits per heavy atom. The fourth-order valence-corrected chi connectivity index (χ4v) is 6.37. The lowest BCUT2D eigenvalue weighted by molar-refractivity contribution is -0.124. The number of nitrogens with zero attached hydrogens (tertiary/aromatic N) is 1. The topological polar surface area (TPSA) is 61.4 Å². The first kappa shape index (κ1) is 26.2. The zero-order chi connectivity index (χ0) is 26.6. The fraction of sp³-hybridized carbons (Fsp3) is 0.394. The number of hydrogen-bond acceptors (Lipinski definition) is 3.